The van der Waals surface area contributed by atoms with E-state index in [9.17, 15) is 9.59 Å². The molecule has 3 rings (SSSR count). The highest BCUT2D eigenvalue weighted by Crippen LogP contribution is 2.17. The van der Waals surface area contributed by atoms with E-state index in [4.69, 9.17) is 5.73 Å². The maximum Gasteiger partial charge on any atom is 0.257 e. The van der Waals surface area contributed by atoms with Crippen LogP contribution in [0.1, 0.15) is 27.6 Å². The van der Waals surface area contributed by atoms with Crippen molar-refractivity contribution in [2.75, 3.05) is 11.1 Å². The van der Waals surface area contributed by atoms with Crippen LogP contribution in [0.4, 0.5) is 11.6 Å². The van der Waals surface area contributed by atoms with Gasteiger partial charge in [0.05, 0.1) is 11.0 Å². The van der Waals surface area contributed by atoms with Crippen molar-refractivity contribution < 1.29 is 9.59 Å². The van der Waals surface area contributed by atoms with Crippen LogP contribution in [0, 0.1) is 0 Å². The number of aromatic amines is 1. The molecule has 0 fully saturated rings. The number of fused-ring (bicyclic) bond motifs is 1. The van der Waals surface area contributed by atoms with Gasteiger partial charge in [-0.05, 0) is 49.4 Å². The Morgan fingerprint density at radius 1 is 1.09 bits per heavy atom. The quantitative estimate of drug-likeness (QED) is 0.510. The molecule has 1 heterocycles. The van der Waals surface area contributed by atoms with Crippen molar-refractivity contribution in [1.82, 2.24) is 9.97 Å². The Morgan fingerprint density at radius 3 is 2.45 bits per heavy atom. The first-order chi connectivity index (χ1) is 10.5. The normalized spacial score (nSPS) is 10.6. The molecule has 1 aromatic heterocycles. The molecule has 6 nitrogen and oxygen atoms in total. The van der Waals surface area contributed by atoms with Gasteiger partial charge < -0.3 is 10.7 Å². The Bertz CT molecular complexity index is 865. The van der Waals surface area contributed by atoms with Crippen LogP contribution in [0.5, 0.6) is 0 Å². The number of imidazole rings is 1. The van der Waals surface area contributed by atoms with E-state index in [1.807, 2.05) is 0 Å². The summed E-state index contributed by atoms with van der Waals surface area (Å²) in [5.74, 6) is 0.0146. The Kier molecular flexibility index (Phi) is 3.34. The number of Topliss-reactive ketones (excluding diaryl/α,β-unsaturated/α-hetero) is 1. The maximum absolute atomic E-state index is 12.1. The van der Waals surface area contributed by atoms with Gasteiger partial charge >= 0.3 is 0 Å². The van der Waals surface area contributed by atoms with Gasteiger partial charge in [-0.1, -0.05) is 0 Å². The average Bonchev–Trinajstić information content (AvgIpc) is 2.88. The summed E-state index contributed by atoms with van der Waals surface area (Å²) in [4.78, 5) is 30.7. The first-order valence-corrected chi connectivity index (χ1v) is 6.70. The number of nitrogen functional groups attached to an aromatic ring is 1. The van der Waals surface area contributed by atoms with Gasteiger partial charge in [-0.15, -0.1) is 0 Å². The van der Waals surface area contributed by atoms with Crippen LogP contribution in [0.15, 0.2) is 42.5 Å². The molecule has 0 spiro atoms. The number of nitrogens with one attached hydrogen (secondary N) is 2. The molecule has 4 N–H and O–H groups in total. The molecule has 2 aromatic carbocycles. The van der Waals surface area contributed by atoms with E-state index >= 15 is 0 Å². The van der Waals surface area contributed by atoms with E-state index in [0.717, 1.165) is 5.52 Å². The topological polar surface area (TPSA) is 101 Å². The van der Waals surface area contributed by atoms with E-state index in [1.165, 1.54) is 6.92 Å². The summed E-state index contributed by atoms with van der Waals surface area (Å²) in [7, 11) is 0. The van der Waals surface area contributed by atoms with Crippen LogP contribution in [-0.4, -0.2) is 21.7 Å². The number of aromatic nitrogens is 2. The predicted molar refractivity (Wildman–Crippen MR) is 84.9 cm³/mol. The zero-order valence-corrected chi connectivity index (χ0v) is 11.9. The minimum absolute atomic E-state index is 0.0302. The van der Waals surface area contributed by atoms with Gasteiger partial charge in [0.2, 0.25) is 5.95 Å². The number of anilines is 2. The monoisotopic (exact) mass is 294 g/mol. The van der Waals surface area contributed by atoms with Crippen LogP contribution in [-0.2, 0) is 0 Å². The third kappa shape index (κ3) is 2.67. The third-order valence-corrected chi connectivity index (χ3v) is 3.29. The van der Waals surface area contributed by atoms with E-state index in [2.05, 4.69) is 15.3 Å². The fourth-order valence-corrected chi connectivity index (χ4v) is 2.10. The molecule has 0 aliphatic heterocycles. The molecule has 0 aliphatic carbocycles. The molecular formula is C16H14N4O2. The second-order valence-electron chi connectivity index (χ2n) is 4.95. The molecule has 0 saturated carbocycles. The van der Waals surface area contributed by atoms with Gasteiger partial charge in [-0.2, -0.15) is 0 Å². The zero-order chi connectivity index (χ0) is 15.7. The number of nitrogens with two attached hydrogens (primary N) is 1. The lowest BCUT2D eigenvalue weighted by Gasteiger charge is -2.01. The van der Waals surface area contributed by atoms with E-state index in [-0.39, 0.29) is 11.7 Å². The SMILES string of the molecule is CC(=O)c1ccc2[nH]c(NC(=O)c3ccc(N)cc3)nc2c1. The average molecular weight is 294 g/mol. The van der Waals surface area contributed by atoms with Crippen LogP contribution >= 0.6 is 0 Å². The number of nitrogens with zero attached hydrogens (tertiary/aromatic N) is 1. The molecule has 0 radical (unpaired) electrons. The Morgan fingerprint density at radius 2 is 1.77 bits per heavy atom. The van der Waals surface area contributed by atoms with Crippen molar-refractivity contribution in [1.29, 1.82) is 0 Å². The summed E-state index contributed by atoms with van der Waals surface area (Å²) < 4.78 is 0. The predicted octanol–water partition coefficient (Wildman–Crippen LogP) is 2.60. The van der Waals surface area contributed by atoms with Gasteiger partial charge in [-0.25, -0.2) is 4.98 Å². The van der Waals surface area contributed by atoms with Crippen LogP contribution in [0.3, 0.4) is 0 Å². The first kappa shape index (κ1) is 13.8. The molecule has 0 atom stereocenters. The van der Waals surface area contributed by atoms with Crippen LogP contribution in [0.25, 0.3) is 11.0 Å². The highest BCUT2D eigenvalue weighted by Gasteiger charge is 2.10. The van der Waals surface area contributed by atoms with Gasteiger partial charge in [0.15, 0.2) is 5.78 Å². The Hall–Kier alpha value is -3.15. The van der Waals surface area contributed by atoms with Crippen LogP contribution in [0.2, 0.25) is 0 Å². The standard InChI is InChI=1S/C16H14N4O2/c1-9(21)11-4-7-13-14(8-11)19-16(18-13)20-15(22)10-2-5-12(17)6-3-10/h2-8H,17H2,1H3,(H2,18,19,20,22). The van der Waals surface area contributed by atoms with Crippen molar-refractivity contribution in [3.63, 3.8) is 0 Å². The maximum atomic E-state index is 12.1. The summed E-state index contributed by atoms with van der Waals surface area (Å²) in [5, 5.41) is 2.68. The van der Waals surface area contributed by atoms with Crippen molar-refractivity contribution in [2.24, 2.45) is 0 Å². The zero-order valence-electron chi connectivity index (χ0n) is 11.9. The van der Waals surface area contributed by atoms with Gasteiger partial charge in [0.1, 0.15) is 0 Å². The molecular weight excluding hydrogens is 280 g/mol. The second-order valence-corrected chi connectivity index (χ2v) is 4.95. The minimum atomic E-state index is -0.286. The summed E-state index contributed by atoms with van der Waals surface area (Å²) in [5.41, 5.74) is 8.62. The number of hydrogen-bond acceptors (Lipinski definition) is 4. The number of carbonyl (C=O) groups is 2. The number of hydrogen-bond donors (Lipinski definition) is 3. The molecule has 0 saturated heterocycles. The number of ketones is 1. The number of carbonyl (C=O) groups excluding carboxylic acids is 2. The van der Waals surface area contributed by atoms with Crippen LogP contribution < -0.4 is 11.1 Å². The molecule has 0 unspecified atom stereocenters. The Balaban J connectivity index is 1.86. The lowest BCUT2D eigenvalue weighted by molar-refractivity contribution is 0.101. The summed E-state index contributed by atoms with van der Waals surface area (Å²) in [6.07, 6.45) is 0. The first-order valence-electron chi connectivity index (χ1n) is 6.70. The lowest BCUT2D eigenvalue weighted by atomic mass is 10.1. The number of H-pyrrole nitrogens is 1. The van der Waals surface area contributed by atoms with E-state index in [0.29, 0.717) is 28.3 Å². The smallest absolute Gasteiger partial charge is 0.257 e. The fourth-order valence-electron chi connectivity index (χ4n) is 2.10. The number of amides is 1. The Labute approximate surface area is 126 Å². The number of rotatable bonds is 3. The lowest BCUT2D eigenvalue weighted by Crippen LogP contribution is -2.12. The van der Waals surface area contributed by atoms with Crippen molar-refractivity contribution in [2.45, 2.75) is 6.92 Å². The largest absolute Gasteiger partial charge is 0.399 e. The van der Waals surface area contributed by atoms with E-state index in [1.54, 1.807) is 42.5 Å². The summed E-state index contributed by atoms with van der Waals surface area (Å²) in [6, 6.07) is 11.8. The second kappa shape index (κ2) is 5.33. The molecule has 0 aliphatic rings. The molecule has 1 amide bonds. The van der Waals surface area contributed by atoms with Gasteiger partial charge in [-0.3, -0.25) is 14.9 Å². The fraction of sp³-hybridized carbons (Fsp3) is 0.0625. The molecule has 110 valence electrons. The van der Waals surface area contributed by atoms with Crippen molar-refractivity contribution >= 4 is 34.4 Å². The third-order valence-electron chi connectivity index (χ3n) is 3.29. The van der Waals surface area contributed by atoms with E-state index < -0.39 is 0 Å². The number of benzene rings is 2. The molecule has 0 bridgehead atoms. The summed E-state index contributed by atoms with van der Waals surface area (Å²) >= 11 is 0. The molecule has 6 heteroatoms. The molecule has 3 aromatic rings. The molecule has 22 heavy (non-hydrogen) atoms. The van der Waals surface area contributed by atoms with Crippen molar-refractivity contribution in [3.8, 4) is 0 Å². The highest BCUT2D eigenvalue weighted by molar-refractivity contribution is 6.04. The highest BCUT2D eigenvalue weighted by atomic mass is 16.1. The van der Waals surface area contributed by atoms with Gasteiger partial charge in [0.25, 0.3) is 5.91 Å². The minimum Gasteiger partial charge on any atom is -0.399 e. The summed E-state index contributed by atoms with van der Waals surface area (Å²) in [6.45, 7) is 1.50. The van der Waals surface area contributed by atoms with Gasteiger partial charge in [0, 0.05) is 16.8 Å². The van der Waals surface area contributed by atoms with Crippen molar-refractivity contribution in [3.05, 3.63) is 53.6 Å².